The third kappa shape index (κ3) is 1.87. The Hall–Kier alpha value is -1.69. The molecule has 3 heterocycles. The van der Waals surface area contributed by atoms with Crippen LogP contribution in [0.4, 0.5) is 0 Å². The van der Waals surface area contributed by atoms with Crippen molar-refractivity contribution in [2.75, 3.05) is 13.1 Å². The quantitative estimate of drug-likeness (QED) is 0.903. The molecule has 2 aromatic heterocycles. The molecule has 1 fully saturated rings. The molecule has 1 aliphatic rings. The Morgan fingerprint density at radius 2 is 2.32 bits per heavy atom. The van der Waals surface area contributed by atoms with Crippen molar-refractivity contribution >= 4 is 0 Å². The summed E-state index contributed by atoms with van der Waals surface area (Å²) in [6.07, 6.45) is 4.65. The third-order valence-corrected chi connectivity index (χ3v) is 4.17. The summed E-state index contributed by atoms with van der Waals surface area (Å²) in [7, 11) is 1.92. The average Bonchev–Trinajstić information content (AvgIpc) is 3.07. The van der Waals surface area contributed by atoms with Crippen LogP contribution >= 0.6 is 0 Å². The van der Waals surface area contributed by atoms with E-state index >= 15 is 0 Å². The largest absolute Gasteiger partial charge is 0.338 e. The molecule has 1 saturated heterocycles. The minimum atomic E-state index is -0.0452. The molecule has 102 valence electrons. The lowest BCUT2D eigenvalue weighted by Gasteiger charge is -2.27. The minimum absolute atomic E-state index is 0.0452. The second kappa shape index (κ2) is 4.45. The Morgan fingerprint density at radius 3 is 2.89 bits per heavy atom. The van der Waals surface area contributed by atoms with Gasteiger partial charge in [0, 0.05) is 26.0 Å². The normalized spacial score (nSPS) is 23.4. The fourth-order valence-electron chi connectivity index (χ4n) is 2.73. The first-order chi connectivity index (χ1) is 9.13. The highest BCUT2D eigenvalue weighted by Crippen LogP contribution is 2.37. The van der Waals surface area contributed by atoms with E-state index in [0.29, 0.717) is 11.7 Å². The zero-order chi connectivity index (χ0) is 13.5. The van der Waals surface area contributed by atoms with Gasteiger partial charge < -0.3 is 14.4 Å². The van der Waals surface area contributed by atoms with Crippen LogP contribution in [0.5, 0.6) is 0 Å². The molecule has 1 N–H and O–H groups in total. The maximum atomic E-state index is 5.54. The van der Waals surface area contributed by atoms with Gasteiger partial charge >= 0.3 is 0 Å². The Morgan fingerprint density at radius 1 is 1.47 bits per heavy atom. The SMILES string of the molecule is CC(C)C1(c2nc(-c3nccn3C)no2)CCNC1. The number of hydrogen-bond acceptors (Lipinski definition) is 5. The van der Waals surface area contributed by atoms with E-state index in [-0.39, 0.29) is 5.41 Å². The lowest BCUT2D eigenvalue weighted by Crippen LogP contribution is -2.35. The number of nitrogens with zero attached hydrogens (tertiary/aromatic N) is 4. The van der Waals surface area contributed by atoms with E-state index in [1.54, 1.807) is 6.20 Å². The van der Waals surface area contributed by atoms with Crippen molar-refractivity contribution in [3.63, 3.8) is 0 Å². The predicted octanol–water partition coefficient (Wildman–Crippen LogP) is 1.36. The highest BCUT2D eigenvalue weighted by atomic mass is 16.5. The molecule has 2 aromatic rings. The number of rotatable bonds is 3. The van der Waals surface area contributed by atoms with E-state index in [9.17, 15) is 0 Å². The summed E-state index contributed by atoms with van der Waals surface area (Å²) < 4.78 is 7.43. The monoisotopic (exact) mass is 261 g/mol. The molecule has 1 unspecified atom stereocenters. The van der Waals surface area contributed by atoms with Crippen LogP contribution in [0.1, 0.15) is 26.2 Å². The van der Waals surface area contributed by atoms with Crippen LogP contribution in [0.15, 0.2) is 16.9 Å². The van der Waals surface area contributed by atoms with Gasteiger partial charge in [-0.3, -0.25) is 0 Å². The first-order valence-corrected chi connectivity index (χ1v) is 6.66. The van der Waals surface area contributed by atoms with Crippen molar-refractivity contribution in [3.05, 3.63) is 18.3 Å². The summed E-state index contributed by atoms with van der Waals surface area (Å²) in [4.78, 5) is 8.84. The fourth-order valence-corrected chi connectivity index (χ4v) is 2.73. The highest BCUT2D eigenvalue weighted by molar-refractivity contribution is 5.42. The van der Waals surface area contributed by atoms with Gasteiger partial charge in [-0.25, -0.2) is 4.98 Å². The van der Waals surface area contributed by atoms with E-state index in [1.165, 1.54) is 0 Å². The maximum Gasteiger partial charge on any atom is 0.238 e. The standard InChI is InChI=1S/C13H19N5O/c1-9(2)13(4-5-14-8-13)12-16-10(17-19-12)11-15-6-7-18(11)3/h6-7,9,14H,4-5,8H2,1-3H3. The molecule has 0 aliphatic carbocycles. The Balaban J connectivity index is 1.99. The summed E-state index contributed by atoms with van der Waals surface area (Å²) in [6, 6.07) is 0. The van der Waals surface area contributed by atoms with Gasteiger partial charge in [0.25, 0.3) is 0 Å². The van der Waals surface area contributed by atoms with Gasteiger partial charge in [-0.2, -0.15) is 4.98 Å². The van der Waals surface area contributed by atoms with E-state index in [4.69, 9.17) is 4.52 Å². The lowest BCUT2D eigenvalue weighted by molar-refractivity contribution is 0.234. The first-order valence-electron chi connectivity index (χ1n) is 6.66. The molecule has 6 nitrogen and oxygen atoms in total. The molecule has 0 amide bonds. The zero-order valence-electron chi connectivity index (χ0n) is 11.6. The van der Waals surface area contributed by atoms with E-state index < -0.39 is 0 Å². The van der Waals surface area contributed by atoms with Gasteiger partial charge in [-0.05, 0) is 18.9 Å². The van der Waals surface area contributed by atoms with Crippen LogP contribution in [0.25, 0.3) is 11.6 Å². The molecular formula is C13H19N5O. The van der Waals surface area contributed by atoms with Gasteiger partial charge in [0.1, 0.15) is 0 Å². The Kier molecular flexibility index (Phi) is 2.89. The van der Waals surface area contributed by atoms with Crippen molar-refractivity contribution < 1.29 is 4.52 Å². The molecule has 6 heteroatoms. The van der Waals surface area contributed by atoms with Gasteiger partial charge in [0.2, 0.25) is 11.7 Å². The van der Waals surface area contributed by atoms with Crippen LogP contribution in [-0.2, 0) is 12.5 Å². The van der Waals surface area contributed by atoms with Gasteiger partial charge in [0.05, 0.1) is 5.41 Å². The van der Waals surface area contributed by atoms with Crippen molar-refractivity contribution in [1.82, 2.24) is 25.0 Å². The van der Waals surface area contributed by atoms with E-state index in [0.717, 1.165) is 31.2 Å². The van der Waals surface area contributed by atoms with Gasteiger partial charge in [0.15, 0.2) is 5.82 Å². The number of aryl methyl sites for hydroxylation is 1. The molecule has 0 aromatic carbocycles. The topological polar surface area (TPSA) is 68.8 Å². The smallest absolute Gasteiger partial charge is 0.238 e. The van der Waals surface area contributed by atoms with Gasteiger partial charge in [-0.1, -0.05) is 19.0 Å². The van der Waals surface area contributed by atoms with Crippen LogP contribution in [0.3, 0.4) is 0 Å². The van der Waals surface area contributed by atoms with Crippen molar-refractivity contribution in [2.45, 2.75) is 25.7 Å². The van der Waals surface area contributed by atoms with Crippen LogP contribution in [-0.4, -0.2) is 32.8 Å². The number of aromatic nitrogens is 4. The third-order valence-electron chi connectivity index (χ3n) is 4.17. The number of nitrogens with one attached hydrogen (secondary N) is 1. The first kappa shape index (κ1) is 12.3. The number of imidazole rings is 1. The minimum Gasteiger partial charge on any atom is -0.338 e. The summed E-state index contributed by atoms with van der Waals surface area (Å²) in [5.74, 6) is 2.48. The fraction of sp³-hybridized carbons (Fsp3) is 0.615. The Labute approximate surface area is 112 Å². The molecule has 0 spiro atoms. The maximum absolute atomic E-state index is 5.54. The predicted molar refractivity (Wildman–Crippen MR) is 70.5 cm³/mol. The summed E-state index contributed by atoms with van der Waals surface area (Å²) >= 11 is 0. The zero-order valence-corrected chi connectivity index (χ0v) is 11.6. The molecule has 0 radical (unpaired) electrons. The van der Waals surface area contributed by atoms with Crippen LogP contribution in [0.2, 0.25) is 0 Å². The molecular weight excluding hydrogens is 242 g/mol. The molecule has 0 bridgehead atoms. The highest BCUT2D eigenvalue weighted by Gasteiger charge is 2.43. The summed E-state index contributed by atoms with van der Waals surface area (Å²) in [6.45, 7) is 6.31. The van der Waals surface area contributed by atoms with E-state index in [2.05, 4.69) is 34.3 Å². The molecule has 1 aliphatic heterocycles. The average molecular weight is 261 g/mol. The molecule has 0 saturated carbocycles. The van der Waals surface area contributed by atoms with Crippen molar-refractivity contribution in [2.24, 2.45) is 13.0 Å². The second-order valence-corrected chi connectivity index (χ2v) is 5.52. The number of hydrogen-bond donors (Lipinski definition) is 1. The van der Waals surface area contributed by atoms with Crippen molar-refractivity contribution in [3.8, 4) is 11.6 Å². The molecule has 3 rings (SSSR count). The lowest BCUT2D eigenvalue weighted by atomic mass is 9.76. The van der Waals surface area contributed by atoms with Gasteiger partial charge in [-0.15, -0.1) is 0 Å². The van der Waals surface area contributed by atoms with E-state index in [1.807, 2.05) is 17.8 Å². The second-order valence-electron chi connectivity index (χ2n) is 5.52. The van der Waals surface area contributed by atoms with Crippen LogP contribution < -0.4 is 5.32 Å². The summed E-state index contributed by atoms with van der Waals surface area (Å²) in [5.41, 5.74) is -0.0452. The molecule has 19 heavy (non-hydrogen) atoms. The molecule has 1 atom stereocenters. The Bertz CT molecular complexity index is 565. The summed E-state index contributed by atoms with van der Waals surface area (Å²) in [5, 5.41) is 7.49. The van der Waals surface area contributed by atoms with Crippen molar-refractivity contribution in [1.29, 1.82) is 0 Å². The van der Waals surface area contributed by atoms with Crippen LogP contribution in [0, 0.1) is 5.92 Å².